The lowest BCUT2D eigenvalue weighted by Crippen LogP contribution is -2.45. The van der Waals surface area contributed by atoms with Gasteiger partial charge in [0.2, 0.25) is 0 Å². The van der Waals surface area contributed by atoms with E-state index in [1.54, 1.807) is 24.0 Å². The number of carbonyl (C=O) groups is 1. The predicted octanol–water partition coefficient (Wildman–Crippen LogP) is -0.862. The van der Waals surface area contributed by atoms with Crippen molar-refractivity contribution in [3.8, 4) is 0 Å². The van der Waals surface area contributed by atoms with Crippen molar-refractivity contribution in [1.82, 2.24) is 20.4 Å². The zero-order valence-corrected chi connectivity index (χ0v) is 9.27. The molecule has 0 aliphatic carbocycles. The number of carbonyl (C=O) groups excluding carboxylic acids is 1. The Morgan fingerprint density at radius 3 is 3.31 bits per heavy atom. The molecule has 1 aliphatic heterocycles. The average Bonchev–Trinajstić information content (AvgIpc) is 2.74. The van der Waals surface area contributed by atoms with Crippen LogP contribution in [0, 0.1) is 0 Å². The van der Waals surface area contributed by atoms with Gasteiger partial charge in [-0.15, -0.1) is 0 Å². The summed E-state index contributed by atoms with van der Waals surface area (Å²) in [5, 5.41) is 9.99. The number of aromatic nitrogens is 2. The number of nitrogens with zero attached hydrogens (tertiary/aromatic N) is 2. The van der Waals surface area contributed by atoms with Gasteiger partial charge in [0.25, 0.3) is 5.91 Å². The van der Waals surface area contributed by atoms with Crippen molar-refractivity contribution in [3.05, 3.63) is 18.0 Å². The number of rotatable bonds is 3. The van der Waals surface area contributed by atoms with Gasteiger partial charge in [0.1, 0.15) is 5.69 Å². The van der Waals surface area contributed by atoms with Gasteiger partial charge in [-0.05, 0) is 6.07 Å². The summed E-state index contributed by atoms with van der Waals surface area (Å²) >= 11 is 0. The monoisotopic (exact) mass is 224 g/mol. The average molecular weight is 224 g/mol. The summed E-state index contributed by atoms with van der Waals surface area (Å²) in [7, 11) is 1.74. The van der Waals surface area contributed by atoms with E-state index in [1.165, 1.54) is 0 Å². The minimum absolute atomic E-state index is 0.0610. The van der Waals surface area contributed by atoms with Crippen LogP contribution >= 0.6 is 0 Å². The van der Waals surface area contributed by atoms with Gasteiger partial charge in [-0.25, -0.2) is 0 Å². The topological polar surface area (TPSA) is 68.2 Å². The van der Waals surface area contributed by atoms with Crippen molar-refractivity contribution in [2.24, 2.45) is 7.05 Å². The Morgan fingerprint density at radius 2 is 2.69 bits per heavy atom. The van der Waals surface area contributed by atoms with Gasteiger partial charge in [0.05, 0.1) is 12.7 Å². The molecule has 1 fully saturated rings. The minimum atomic E-state index is -0.117. The second-order valence-electron chi connectivity index (χ2n) is 3.75. The first-order chi connectivity index (χ1) is 7.77. The van der Waals surface area contributed by atoms with Gasteiger partial charge in [0.15, 0.2) is 0 Å². The number of aryl methyl sites for hydroxylation is 1. The quantitative estimate of drug-likeness (QED) is 0.701. The molecule has 0 aromatic carbocycles. The van der Waals surface area contributed by atoms with Crippen molar-refractivity contribution in [1.29, 1.82) is 0 Å². The molecule has 1 aromatic rings. The SMILES string of the molecule is Cn1nccc1C(=O)NCC1CNCCO1. The van der Waals surface area contributed by atoms with E-state index in [-0.39, 0.29) is 12.0 Å². The van der Waals surface area contributed by atoms with Crippen LogP contribution in [0.1, 0.15) is 10.5 Å². The molecular weight excluding hydrogens is 208 g/mol. The molecular formula is C10H16N4O2. The fourth-order valence-corrected chi connectivity index (χ4v) is 1.64. The molecule has 1 unspecified atom stereocenters. The van der Waals surface area contributed by atoms with Gasteiger partial charge in [-0.1, -0.05) is 0 Å². The smallest absolute Gasteiger partial charge is 0.269 e. The molecule has 0 spiro atoms. The lowest BCUT2D eigenvalue weighted by Gasteiger charge is -2.23. The number of nitrogens with one attached hydrogen (secondary N) is 2. The lowest BCUT2D eigenvalue weighted by atomic mass is 10.3. The summed E-state index contributed by atoms with van der Waals surface area (Å²) in [6.45, 7) is 2.89. The fourth-order valence-electron chi connectivity index (χ4n) is 1.64. The van der Waals surface area contributed by atoms with Crippen molar-refractivity contribution >= 4 is 5.91 Å². The van der Waals surface area contributed by atoms with Crippen LogP contribution in [0.25, 0.3) is 0 Å². The van der Waals surface area contributed by atoms with Crippen molar-refractivity contribution in [2.75, 3.05) is 26.2 Å². The number of hydrogen-bond acceptors (Lipinski definition) is 4. The Morgan fingerprint density at radius 1 is 1.81 bits per heavy atom. The van der Waals surface area contributed by atoms with Crippen molar-refractivity contribution < 1.29 is 9.53 Å². The van der Waals surface area contributed by atoms with Crippen LogP contribution in [0.4, 0.5) is 0 Å². The Labute approximate surface area is 94.0 Å². The summed E-state index contributed by atoms with van der Waals surface area (Å²) in [6, 6.07) is 1.69. The third-order valence-electron chi connectivity index (χ3n) is 2.55. The molecule has 2 N–H and O–H groups in total. The third-order valence-corrected chi connectivity index (χ3v) is 2.55. The Kier molecular flexibility index (Phi) is 3.53. The predicted molar refractivity (Wildman–Crippen MR) is 58.2 cm³/mol. The number of ether oxygens (including phenoxy) is 1. The van der Waals surface area contributed by atoms with E-state index in [0.717, 1.165) is 13.1 Å². The van der Waals surface area contributed by atoms with Gasteiger partial charge < -0.3 is 15.4 Å². The summed E-state index contributed by atoms with van der Waals surface area (Å²) in [5.74, 6) is -0.117. The summed E-state index contributed by atoms with van der Waals surface area (Å²) in [6.07, 6.45) is 1.67. The Balaban J connectivity index is 1.81. The van der Waals surface area contributed by atoms with E-state index in [4.69, 9.17) is 4.74 Å². The van der Waals surface area contributed by atoms with Crippen LogP contribution in [0.3, 0.4) is 0 Å². The van der Waals surface area contributed by atoms with Gasteiger partial charge in [0, 0.05) is 32.9 Å². The second kappa shape index (κ2) is 5.09. The second-order valence-corrected chi connectivity index (χ2v) is 3.75. The van der Waals surface area contributed by atoms with E-state index < -0.39 is 0 Å². The van der Waals surface area contributed by atoms with Crippen LogP contribution in [-0.2, 0) is 11.8 Å². The van der Waals surface area contributed by atoms with Gasteiger partial charge in [-0.3, -0.25) is 9.48 Å². The number of hydrogen-bond donors (Lipinski definition) is 2. The van der Waals surface area contributed by atoms with Crippen LogP contribution in [0.15, 0.2) is 12.3 Å². The summed E-state index contributed by atoms with van der Waals surface area (Å²) < 4.78 is 7.03. The molecule has 1 saturated heterocycles. The third kappa shape index (κ3) is 2.59. The maximum Gasteiger partial charge on any atom is 0.269 e. The van der Waals surface area contributed by atoms with E-state index in [1.807, 2.05) is 0 Å². The first-order valence-electron chi connectivity index (χ1n) is 5.36. The highest BCUT2D eigenvalue weighted by molar-refractivity contribution is 5.92. The molecule has 0 bridgehead atoms. The maximum absolute atomic E-state index is 11.7. The normalized spacial score (nSPS) is 20.7. The molecule has 1 amide bonds. The van der Waals surface area contributed by atoms with Gasteiger partial charge >= 0.3 is 0 Å². The highest BCUT2D eigenvalue weighted by Crippen LogP contribution is 1.98. The van der Waals surface area contributed by atoms with Crippen molar-refractivity contribution in [2.45, 2.75) is 6.10 Å². The zero-order valence-electron chi connectivity index (χ0n) is 9.27. The maximum atomic E-state index is 11.7. The largest absolute Gasteiger partial charge is 0.374 e. The van der Waals surface area contributed by atoms with Crippen LogP contribution in [0.2, 0.25) is 0 Å². The first-order valence-corrected chi connectivity index (χ1v) is 5.36. The van der Waals surface area contributed by atoms with Crippen LogP contribution in [-0.4, -0.2) is 48.0 Å². The molecule has 2 rings (SSSR count). The zero-order chi connectivity index (χ0) is 11.4. The van der Waals surface area contributed by atoms with Crippen LogP contribution in [0.5, 0.6) is 0 Å². The molecule has 0 radical (unpaired) electrons. The Hall–Kier alpha value is -1.40. The molecule has 2 heterocycles. The minimum Gasteiger partial charge on any atom is -0.374 e. The van der Waals surface area contributed by atoms with Crippen molar-refractivity contribution in [3.63, 3.8) is 0 Å². The summed E-state index contributed by atoms with van der Waals surface area (Å²) in [4.78, 5) is 11.7. The van der Waals surface area contributed by atoms with E-state index >= 15 is 0 Å². The molecule has 1 aliphatic rings. The molecule has 88 valence electrons. The number of amides is 1. The molecule has 0 saturated carbocycles. The molecule has 1 atom stereocenters. The molecule has 1 aromatic heterocycles. The van der Waals surface area contributed by atoms with E-state index in [2.05, 4.69) is 15.7 Å². The van der Waals surface area contributed by atoms with E-state index in [0.29, 0.717) is 18.8 Å². The van der Waals surface area contributed by atoms with Crippen LogP contribution < -0.4 is 10.6 Å². The highest BCUT2D eigenvalue weighted by atomic mass is 16.5. The van der Waals surface area contributed by atoms with Gasteiger partial charge in [-0.2, -0.15) is 5.10 Å². The highest BCUT2D eigenvalue weighted by Gasteiger charge is 2.15. The summed E-state index contributed by atoms with van der Waals surface area (Å²) in [5.41, 5.74) is 0.559. The molecule has 6 heteroatoms. The molecule has 6 nitrogen and oxygen atoms in total. The standard InChI is InChI=1S/C10H16N4O2/c1-14-9(2-3-13-14)10(15)12-7-8-6-11-4-5-16-8/h2-3,8,11H,4-7H2,1H3,(H,12,15). The number of morpholine rings is 1. The fraction of sp³-hybridized carbons (Fsp3) is 0.600. The lowest BCUT2D eigenvalue weighted by molar-refractivity contribution is 0.0286. The molecule has 16 heavy (non-hydrogen) atoms. The first kappa shape index (κ1) is 11.1. The Bertz CT molecular complexity index is 357. The van der Waals surface area contributed by atoms with E-state index in [9.17, 15) is 4.79 Å².